The number of hydrogen-bond acceptors (Lipinski definition) is 4. The van der Waals surface area contributed by atoms with E-state index >= 15 is 0 Å². The summed E-state index contributed by atoms with van der Waals surface area (Å²) in [5.74, 6) is -1.73. The molecule has 1 N–H and O–H groups in total. The Hall–Kier alpha value is -2.70. The van der Waals surface area contributed by atoms with Crippen LogP contribution in [-0.4, -0.2) is 44.4 Å². The van der Waals surface area contributed by atoms with Crippen LogP contribution in [0.5, 0.6) is 0 Å². The molecule has 0 unspecified atom stereocenters. The molecule has 2 aromatic rings. The molecular weight excluding hydrogens is 286 g/mol. The number of aryl methyl sites for hydroxylation is 1. The number of carboxylic acids is 1. The number of hydrogen-bond donors (Lipinski definition) is 1. The lowest BCUT2D eigenvalue weighted by molar-refractivity contribution is -0.137. The van der Waals surface area contributed by atoms with Crippen molar-refractivity contribution >= 4 is 17.5 Å². The molecule has 0 aromatic carbocycles. The van der Waals surface area contributed by atoms with Crippen LogP contribution in [0.2, 0.25) is 0 Å². The summed E-state index contributed by atoms with van der Waals surface area (Å²) in [7, 11) is 0. The summed E-state index contributed by atoms with van der Waals surface area (Å²) in [5.41, 5.74) is 0.668. The van der Waals surface area contributed by atoms with Crippen molar-refractivity contribution in [3.63, 3.8) is 0 Å². The first-order valence-corrected chi connectivity index (χ1v) is 6.93. The number of rotatable bonds is 5. The highest BCUT2D eigenvalue weighted by Gasteiger charge is 2.21. The zero-order valence-electron chi connectivity index (χ0n) is 12.4. The van der Waals surface area contributed by atoms with Crippen LogP contribution in [0.4, 0.5) is 0 Å². The minimum Gasteiger partial charge on any atom is -0.480 e. The van der Waals surface area contributed by atoms with Crippen LogP contribution in [0.3, 0.4) is 0 Å². The molecule has 2 heterocycles. The van der Waals surface area contributed by atoms with E-state index in [1.165, 1.54) is 16.8 Å². The van der Waals surface area contributed by atoms with Crippen molar-refractivity contribution in [2.45, 2.75) is 20.3 Å². The van der Waals surface area contributed by atoms with E-state index in [0.29, 0.717) is 12.1 Å². The highest BCUT2D eigenvalue weighted by atomic mass is 16.4. The predicted molar refractivity (Wildman–Crippen MR) is 80.0 cm³/mol. The van der Waals surface area contributed by atoms with Crippen molar-refractivity contribution in [3.8, 4) is 0 Å². The molecular formula is C15H17N3O4. The first kappa shape index (κ1) is 15.7. The van der Waals surface area contributed by atoms with Crippen molar-refractivity contribution in [3.05, 3.63) is 46.0 Å². The van der Waals surface area contributed by atoms with Gasteiger partial charge in [0.2, 0.25) is 0 Å². The van der Waals surface area contributed by atoms with E-state index in [0.717, 1.165) is 10.5 Å². The topological polar surface area (TPSA) is 92.0 Å². The van der Waals surface area contributed by atoms with Crippen LogP contribution in [0.1, 0.15) is 29.3 Å². The van der Waals surface area contributed by atoms with E-state index in [2.05, 4.69) is 4.98 Å². The molecule has 0 spiro atoms. The van der Waals surface area contributed by atoms with Gasteiger partial charge in [-0.05, 0) is 25.0 Å². The Kier molecular flexibility index (Phi) is 4.55. The van der Waals surface area contributed by atoms with Crippen LogP contribution in [0, 0.1) is 6.92 Å². The Balaban J connectivity index is 2.49. The van der Waals surface area contributed by atoms with Gasteiger partial charge in [0.15, 0.2) is 0 Å². The van der Waals surface area contributed by atoms with Gasteiger partial charge in [0.25, 0.3) is 11.5 Å². The SMILES string of the molecule is CCCN(CC(=O)O)C(=O)c1cnc2c(C)cccn2c1=O. The third-order valence-electron chi connectivity index (χ3n) is 3.26. The van der Waals surface area contributed by atoms with Gasteiger partial charge in [-0.15, -0.1) is 0 Å². The number of fused-ring (bicyclic) bond motifs is 1. The van der Waals surface area contributed by atoms with Gasteiger partial charge in [0, 0.05) is 18.9 Å². The largest absolute Gasteiger partial charge is 0.480 e. The van der Waals surface area contributed by atoms with Crippen LogP contribution < -0.4 is 5.56 Å². The normalized spacial score (nSPS) is 10.6. The van der Waals surface area contributed by atoms with Crippen LogP contribution in [0.15, 0.2) is 29.3 Å². The summed E-state index contributed by atoms with van der Waals surface area (Å²) < 4.78 is 1.30. The molecule has 0 bridgehead atoms. The van der Waals surface area contributed by atoms with Gasteiger partial charge < -0.3 is 10.0 Å². The highest BCUT2D eigenvalue weighted by molar-refractivity contribution is 5.95. The Bertz CT molecular complexity index is 782. The number of aromatic nitrogens is 2. The molecule has 0 aliphatic heterocycles. The highest BCUT2D eigenvalue weighted by Crippen LogP contribution is 2.06. The lowest BCUT2D eigenvalue weighted by Gasteiger charge is -2.19. The molecule has 22 heavy (non-hydrogen) atoms. The summed E-state index contributed by atoms with van der Waals surface area (Å²) >= 11 is 0. The van der Waals surface area contributed by atoms with Crippen molar-refractivity contribution in [2.75, 3.05) is 13.1 Å². The van der Waals surface area contributed by atoms with Crippen molar-refractivity contribution in [1.29, 1.82) is 0 Å². The van der Waals surface area contributed by atoms with Gasteiger partial charge in [0.05, 0.1) is 0 Å². The van der Waals surface area contributed by atoms with Crippen molar-refractivity contribution < 1.29 is 14.7 Å². The average molecular weight is 303 g/mol. The first-order valence-electron chi connectivity index (χ1n) is 6.93. The van der Waals surface area contributed by atoms with E-state index < -0.39 is 24.0 Å². The number of carbonyl (C=O) groups excluding carboxylic acids is 1. The molecule has 0 saturated carbocycles. The summed E-state index contributed by atoms with van der Waals surface area (Å²) in [6.07, 6.45) is 3.35. The lowest BCUT2D eigenvalue weighted by atomic mass is 10.2. The molecule has 2 aromatic heterocycles. The molecule has 1 amide bonds. The lowest BCUT2D eigenvalue weighted by Crippen LogP contribution is -2.39. The predicted octanol–water partition coefficient (Wildman–Crippen LogP) is 0.940. The number of pyridine rings is 1. The monoisotopic (exact) mass is 303 g/mol. The fourth-order valence-corrected chi connectivity index (χ4v) is 2.25. The molecule has 2 rings (SSSR count). The molecule has 0 aliphatic carbocycles. The minimum absolute atomic E-state index is 0.127. The zero-order chi connectivity index (χ0) is 16.3. The van der Waals surface area contributed by atoms with Crippen molar-refractivity contribution in [1.82, 2.24) is 14.3 Å². The number of aliphatic carboxylic acids is 1. The average Bonchev–Trinajstić information content (AvgIpc) is 2.47. The minimum atomic E-state index is -1.12. The Labute approximate surface area is 126 Å². The Morgan fingerprint density at radius 3 is 2.77 bits per heavy atom. The summed E-state index contributed by atoms with van der Waals surface area (Å²) in [4.78, 5) is 41.0. The summed E-state index contributed by atoms with van der Waals surface area (Å²) in [5, 5.41) is 8.89. The van der Waals surface area contributed by atoms with Gasteiger partial charge in [0.1, 0.15) is 17.8 Å². The number of nitrogens with zero attached hydrogens (tertiary/aromatic N) is 3. The van der Waals surface area contributed by atoms with Gasteiger partial charge in [-0.3, -0.25) is 18.8 Å². The van der Waals surface area contributed by atoms with Crippen molar-refractivity contribution in [2.24, 2.45) is 0 Å². The molecule has 0 saturated heterocycles. The maximum absolute atomic E-state index is 12.4. The fourth-order valence-electron chi connectivity index (χ4n) is 2.25. The molecule has 0 radical (unpaired) electrons. The van der Waals surface area contributed by atoms with Crippen LogP contribution >= 0.6 is 0 Å². The smallest absolute Gasteiger partial charge is 0.323 e. The van der Waals surface area contributed by atoms with Crippen LogP contribution in [-0.2, 0) is 4.79 Å². The standard InChI is InChI=1S/C15H17N3O4/c1-3-6-17(9-12(19)20)14(21)11-8-16-13-10(2)5-4-7-18(13)15(11)22/h4-5,7-8H,3,6,9H2,1-2H3,(H,19,20). The molecule has 0 atom stereocenters. The number of amides is 1. The fraction of sp³-hybridized carbons (Fsp3) is 0.333. The van der Waals surface area contributed by atoms with Crippen LogP contribution in [0.25, 0.3) is 5.65 Å². The molecule has 0 aliphatic rings. The maximum atomic E-state index is 12.4. The molecule has 116 valence electrons. The third-order valence-corrected chi connectivity index (χ3v) is 3.26. The van der Waals surface area contributed by atoms with E-state index in [9.17, 15) is 14.4 Å². The summed E-state index contributed by atoms with van der Waals surface area (Å²) in [6, 6.07) is 3.51. The van der Waals surface area contributed by atoms with E-state index in [-0.39, 0.29) is 12.1 Å². The Morgan fingerprint density at radius 2 is 2.14 bits per heavy atom. The second-order valence-electron chi connectivity index (χ2n) is 4.98. The molecule has 0 fully saturated rings. The van der Waals surface area contributed by atoms with Gasteiger partial charge in [-0.25, -0.2) is 4.98 Å². The second kappa shape index (κ2) is 6.38. The molecule has 7 nitrogen and oxygen atoms in total. The quantitative estimate of drug-likeness (QED) is 0.887. The van der Waals surface area contributed by atoms with E-state index in [1.54, 1.807) is 6.07 Å². The second-order valence-corrected chi connectivity index (χ2v) is 4.98. The Morgan fingerprint density at radius 1 is 1.41 bits per heavy atom. The maximum Gasteiger partial charge on any atom is 0.323 e. The van der Waals surface area contributed by atoms with E-state index in [4.69, 9.17) is 5.11 Å². The van der Waals surface area contributed by atoms with Gasteiger partial charge >= 0.3 is 5.97 Å². The molecule has 7 heteroatoms. The van der Waals surface area contributed by atoms with E-state index in [1.807, 2.05) is 19.9 Å². The third kappa shape index (κ3) is 2.98. The zero-order valence-corrected chi connectivity index (χ0v) is 12.4. The first-order chi connectivity index (χ1) is 10.5. The summed E-state index contributed by atoms with van der Waals surface area (Å²) in [6.45, 7) is 3.47. The van der Waals surface area contributed by atoms with Gasteiger partial charge in [-0.2, -0.15) is 0 Å². The number of carbonyl (C=O) groups is 2. The van der Waals surface area contributed by atoms with Gasteiger partial charge in [-0.1, -0.05) is 13.0 Å². The number of carboxylic acid groups (broad SMARTS) is 1.